The van der Waals surface area contributed by atoms with E-state index in [0.29, 0.717) is 26.9 Å². The number of hydrogen-bond donors (Lipinski definition) is 1. The molecule has 6 rings (SSSR count). The average Bonchev–Trinajstić information content (AvgIpc) is 2.69. The summed E-state index contributed by atoms with van der Waals surface area (Å²) in [6, 6.07) is 4.98. The Morgan fingerprint density at radius 3 is 2.20 bits per heavy atom. The van der Waals surface area contributed by atoms with Crippen LogP contribution in [0.4, 0.5) is 0 Å². The number of piperidine rings is 1. The van der Waals surface area contributed by atoms with Gasteiger partial charge in [0, 0.05) is 30.6 Å². The van der Waals surface area contributed by atoms with Crippen LogP contribution in [0.2, 0.25) is 10.0 Å². The maximum Gasteiger partial charge on any atom is 0.253 e. The van der Waals surface area contributed by atoms with Crippen molar-refractivity contribution in [2.75, 3.05) is 13.1 Å². The predicted molar refractivity (Wildman–Crippen MR) is 119 cm³/mol. The number of nitrogens with one attached hydrogen (secondary N) is 1. The van der Waals surface area contributed by atoms with E-state index >= 15 is 0 Å². The van der Waals surface area contributed by atoms with Gasteiger partial charge in [0.25, 0.3) is 5.91 Å². The van der Waals surface area contributed by atoms with Crippen LogP contribution in [0.25, 0.3) is 0 Å². The Kier molecular flexibility index (Phi) is 5.51. The number of amides is 2. The number of nitrogens with zero attached hydrogens (tertiary/aromatic N) is 1. The second-order valence-corrected chi connectivity index (χ2v) is 11.2. The quantitative estimate of drug-likeness (QED) is 0.677. The molecule has 5 aliphatic rings. The van der Waals surface area contributed by atoms with E-state index in [1.165, 1.54) is 38.5 Å². The van der Waals surface area contributed by atoms with E-state index in [9.17, 15) is 9.59 Å². The standard InChI is InChI=1S/C24H30Cl2N2O2/c25-18-1-2-21(26)20(10-18)23(30)27-19-3-5-28(6-4-19)22(29)14-24-11-15-7-16(12-24)9-17(8-15)13-24/h1-2,10,15-17,19H,3-9,11-14H2,(H,27,30). The number of hydrogen-bond acceptors (Lipinski definition) is 2. The van der Waals surface area contributed by atoms with Gasteiger partial charge in [-0.05, 0) is 92.7 Å². The molecule has 2 amide bonds. The SMILES string of the molecule is O=C(NC1CCN(C(=O)CC23CC4CC(CC(C4)C2)C3)CC1)c1cc(Cl)ccc1Cl. The molecule has 1 N–H and O–H groups in total. The molecule has 0 atom stereocenters. The predicted octanol–water partition coefficient (Wildman–Crippen LogP) is 5.32. The monoisotopic (exact) mass is 448 g/mol. The summed E-state index contributed by atoms with van der Waals surface area (Å²) in [5, 5.41) is 3.97. The van der Waals surface area contributed by atoms with Gasteiger partial charge in [0.05, 0.1) is 10.6 Å². The normalized spacial score (nSPS) is 33.0. The van der Waals surface area contributed by atoms with Crippen LogP contribution in [0, 0.1) is 23.2 Å². The van der Waals surface area contributed by atoms with Gasteiger partial charge < -0.3 is 10.2 Å². The van der Waals surface area contributed by atoms with E-state index in [0.717, 1.165) is 50.1 Å². The zero-order valence-corrected chi connectivity index (χ0v) is 18.9. The molecule has 4 bridgehead atoms. The third-order valence-corrected chi connectivity index (χ3v) is 8.61. The zero-order chi connectivity index (χ0) is 20.9. The first kappa shape index (κ1) is 20.6. The summed E-state index contributed by atoms with van der Waals surface area (Å²) in [7, 11) is 0. The largest absolute Gasteiger partial charge is 0.349 e. The summed E-state index contributed by atoms with van der Waals surface area (Å²) in [6.45, 7) is 1.44. The van der Waals surface area contributed by atoms with Gasteiger partial charge in [-0.3, -0.25) is 9.59 Å². The van der Waals surface area contributed by atoms with Crippen LogP contribution in [-0.4, -0.2) is 35.8 Å². The van der Waals surface area contributed by atoms with Gasteiger partial charge in [-0.2, -0.15) is 0 Å². The highest BCUT2D eigenvalue weighted by Gasteiger charge is 2.51. The fraction of sp³-hybridized carbons (Fsp3) is 0.667. The number of likely N-dealkylation sites (tertiary alicyclic amines) is 1. The van der Waals surface area contributed by atoms with Crippen LogP contribution in [-0.2, 0) is 4.79 Å². The van der Waals surface area contributed by atoms with Crippen molar-refractivity contribution in [1.29, 1.82) is 0 Å². The molecule has 1 saturated heterocycles. The van der Waals surface area contributed by atoms with Crippen molar-refractivity contribution in [2.24, 2.45) is 23.2 Å². The zero-order valence-electron chi connectivity index (χ0n) is 17.3. The molecule has 5 fully saturated rings. The molecule has 0 radical (unpaired) electrons. The van der Waals surface area contributed by atoms with Crippen LogP contribution >= 0.6 is 23.2 Å². The molecule has 30 heavy (non-hydrogen) atoms. The van der Waals surface area contributed by atoms with Crippen molar-refractivity contribution in [2.45, 2.75) is 63.8 Å². The molecule has 6 heteroatoms. The van der Waals surface area contributed by atoms with Crippen molar-refractivity contribution in [3.05, 3.63) is 33.8 Å². The molecule has 1 aromatic carbocycles. The average molecular weight is 449 g/mol. The van der Waals surface area contributed by atoms with Gasteiger partial charge in [-0.1, -0.05) is 23.2 Å². The topological polar surface area (TPSA) is 49.4 Å². The summed E-state index contributed by atoms with van der Waals surface area (Å²) in [4.78, 5) is 27.7. The first-order valence-corrected chi connectivity index (χ1v) is 12.2. The lowest BCUT2D eigenvalue weighted by atomic mass is 9.49. The van der Waals surface area contributed by atoms with E-state index < -0.39 is 0 Å². The molecule has 0 unspecified atom stereocenters. The van der Waals surface area contributed by atoms with Gasteiger partial charge in [-0.25, -0.2) is 0 Å². The first-order chi connectivity index (χ1) is 14.4. The second-order valence-electron chi connectivity index (χ2n) is 10.3. The van der Waals surface area contributed by atoms with E-state index in [-0.39, 0.29) is 11.9 Å². The maximum absolute atomic E-state index is 13.1. The molecule has 1 heterocycles. The van der Waals surface area contributed by atoms with E-state index in [4.69, 9.17) is 23.2 Å². The third kappa shape index (κ3) is 4.10. The summed E-state index contributed by atoms with van der Waals surface area (Å²) in [5.74, 6) is 2.77. The third-order valence-electron chi connectivity index (χ3n) is 8.05. The maximum atomic E-state index is 13.1. The Morgan fingerprint density at radius 2 is 1.60 bits per heavy atom. The van der Waals surface area contributed by atoms with Gasteiger partial charge in [-0.15, -0.1) is 0 Å². The van der Waals surface area contributed by atoms with Crippen molar-refractivity contribution >= 4 is 35.0 Å². The summed E-state index contributed by atoms with van der Waals surface area (Å²) < 4.78 is 0. The minimum absolute atomic E-state index is 0.0659. The smallest absolute Gasteiger partial charge is 0.253 e. The Hall–Kier alpha value is -1.26. The number of halogens is 2. The molecular formula is C24H30Cl2N2O2. The lowest BCUT2D eigenvalue weighted by molar-refractivity contribution is -0.140. The van der Waals surface area contributed by atoms with Gasteiger partial charge in [0.1, 0.15) is 0 Å². The van der Waals surface area contributed by atoms with Gasteiger partial charge in [0.2, 0.25) is 5.91 Å². The number of benzene rings is 1. The Balaban J connectivity index is 1.14. The minimum atomic E-state index is -0.194. The van der Waals surface area contributed by atoms with Gasteiger partial charge >= 0.3 is 0 Å². The molecule has 4 aliphatic carbocycles. The van der Waals surface area contributed by atoms with Crippen molar-refractivity contribution in [1.82, 2.24) is 10.2 Å². The molecule has 1 aliphatic heterocycles. The van der Waals surface area contributed by atoms with Gasteiger partial charge in [0.15, 0.2) is 0 Å². The minimum Gasteiger partial charge on any atom is -0.349 e. The van der Waals surface area contributed by atoms with E-state index in [1.807, 2.05) is 4.90 Å². The number of carbonyl (C=O) groups is 2. The number of rotatable bonds is 4. The van der Waals surface area contributed by atoms with Crippen LogP contribution < -0.4 is 5.32 Å². The van der Waals surface area contributed by atoms with E-state index in [1.54, 1.807) is 18.2 Å². The molecule has 4 nitrogen and oxygen atoms in total. The van der Waals surface area contributed by atoms with Crippen LogP contribution in [0.3, 0.4) is 0 Å². The Bertz CT molecular complexity index is 812. The fourth-order valence-electron chi connectivity index (χ4n) is 7.15. The highest BCUT2D eigenvalue weighted by molar-refractivity contribution is 6.35. The van der Waals surface area contributed by atoms with Crippen LogP contribution in [0.15, 0.2) is 18.2 Å². The van der Waals surface area contributed by atoms with Crippen molar-refractivity contribution in [3.8, 4) is 0 Å². The molecule has 0 aromatic heterocycles. The summed E-state index contributed by atoms with van der Waals surface area (Å²) >= 11 is 12.2. The lowest BCUT2D eigenvalue weighted by Crippen LogP contribution is -2.50. The van der Waals surface area contributed by atoms with Crippen molar-refractivity contribution < 1.29 is 9.59 Å². The molecule has 1 aromatic rings. The highest BCUT2D eigenvalue weighted by atomic mass is 35.5. The molecular weight excluding hydrogens is 419 g/mol. The summed E-state index contributed by atoms with van der Waals surface area (Å²) in [5.41, 5.74) is 0.699. The van der Waals surface area contributed by atoms with Crippen molar-refractivity contribution in [3.63, 3.8) is 0 Å². The fourth-order valence-corrected chi connectivity index (χ4v) is 7.52. The summed E-state index contributed by atoms with van der Waals surface area (Å²) in [6.07, 6.45) is 10.4. The molecule has 0 spiro atoms. The Morgan fingerprint density at radius 1 is 1.00 bits per heavy atom. The molecule has 162 valence electrons. The highest BCUT2D eigenvalue weighted by Crippen LogP contribution is 2.61. The Labute approximate surface area is 188 Å². The van der Waals surface area contributed by atoms with Crippen LogP contribution in [0.5, 0.6) is 0 Å². The second kappa shape index (κ2) is 8.02. The lowest BCUT2D eigenvalue weighted by Gasteiger charge is -2.57. The number of carbonyl (C=O) groups excluding carboxylic acids is 2. The van der Waals surface area contributed by atoms with Crippen LogP contribution in [0.1, 0.15) is 68.1 Å². The molecule has 4 saturated carbocycles. The first-order valence-electron chi connectivity index (χ1n) is 11.4. The van der Waals surface area contributed by atoms with E-state index in [2.05, 4.69) is 5.32 Å².